The van der Waals surface area contributed by atoms with Crippen LogP contribution in [0.4, 0.5) is 0 Å². The van der Waals surface area contributed by atoms with Crippen LogP contribution < -0.4 is 5.73 Å². The first-order valence-corrected chi connectivity index (χ1v) is 5.64. The first kappa shape index (κ1) is 12.3. The summed E-state index contributed by atoms with van der Waals surface area (Å²) < 4.78 is 1.69. The smallest absolute Gasteiger partial charge is 0.335 e. The third-order valence-corrected chi connectivity index (χ3v) is 2.73. The van der Waals surface area contributed by atoms with Gasteiger partial charge in [-0.3, -0.25) is 0 Å². The van der Waals surface area contributed by atoms with Crippen LogP contribution in [0.5, 0.6) is 0 Å². The molecular weight excluding hydrogens is 232 g/mol. The highest BCUT2D eigenvalue weighted by Crippen LogP contribution is 2.14. The van der Waals surface area contributed by atoms with Crippen molar-refractivity contribution in [3.63, 3.8) is 0 Å². The molecule has 0 aliphatic carbocycles. The Hall–Kier alpha value is -2.21. The third kappa shape index (κ3) is 2.10. The number of rotatable bonds is 4. The summed E-state index contributed by atoms with van der Waals surface area (Å²) in [5.74, 6) is -0.946. The topological polar surface area (TPSA) is 94.0 Å². The van der Waals surface area contributed by atoms with Crippen molar-refractivity contribution >= 4 is 5.97 Å². The standard InChI is InChI=1S/C12H14N4O2/c1-2-11-10(7-13)14-15-16(11)9-5-3-8(4-6-9)12(17)18/h3-6H,2,7,13H2,1H3,(H,17,18). The maximum absolute atomic E-state index is 10.8. The number of aromatic carboxylic acids is 1. The Kier molecular flexibility index (Phi) is 3.38. The lowest BCUT2D eigenvalue weighted by atomic mass is 10.2. The predicted octanol–water partition coefficient (Wildman–Crippen LogP) is 0.987. The van der Waals surface area contributed by atoms with E-state index in [0.717, 1.165) is 23.5 Å². The van der Waals surface area contributed by atoms with Gasteiger partial charge in [0.1, 0.15) is 0 Å². The maximum atomic E-state index is 10.8. The van der Waals surface area contributed by atoms with Crippen molar-refractivity contribution in [2.75, 3.05) is 0 Å². The molecule has 2 rings (SSSR count). The predicted molar refractivity (Wildman–Crippen MR) is 65.6 cm³/mol. The fourth-order valence-corrected chi connectivity index (χ4v) is 1.80. The normalized spacial score (nSPS) is 10.6. The second kappa shape index (κ2) is 4.97. The van der Waals surface area contributed by atoms with Crippen molar-refractivity contribution in [2.45, 2.75) is 19.9 Å². The molecule has 0 saturated heterocycles. The molecule has 1 aromatic heterocycles. The van der Waals surface area contributed by atoms with Crippen molar-refractivity contribution in [2.24, 2.45) is 5.73 Å². The van der Waals surface area contributed by atoms with Crippen LogP contribution in [0.2, 0.25) is 0 Å². The third-order valence-electron chi connectivity index (χ3n) is 2.73. The van der Waals surface area contributed by atoms with Gasteiger partial charge in [-0.25, -0.2) is 9.48 Å². The number of benzene rings is 1. The lowest BCUT2D eigenvalue weighted by Gasteiger charge is -2.05. The summed E-state index contributed by atoms with van der Waals surface area (Å²) in [4.78, 5) is 10.8. The Labute approximate surface area is 104 Å². The molecule has 3 N–H and O–H groups in total. The molecule has 0 atom stereocenters. The Morgan fingerprint density at radius 2 is 2.06 bits per heavy atom. The molecular formula is C12H14N4O2. The van der Waals surface area contributed by atoms with Crippen LogP contribution in [0.1, 0.15) is 28.7 Å². The van der Waals surface area contributed by atoms with E-state index in [1.807, 2.05) is 6.92 Å². The Morgan fingerprint density at radius 3 is 2.56 bits per heavy atom. The zero-order valence-corrected chi connectivity index (χ0v) is 10.00. The first-order valence-electron chi connectivity index (χ1n) is 5.64. The number of hydrogen-bond acceptors (Lipinski definition) is 4. The van der Waals surface area contributed by atoms with Crippen LogP contribution in [0.15, 0.2) is 24.3 Å². The fourth-order valence-electron chi connectivity index (χ4n) is 1.80. The number of carbonyl (C=O) groups is 1. The van der Waals surface area contributed by atoms with Crippen LogP contribution >= 0.6 is 0 Å². The average molecular weight is 246 g/mol. The summed E-state index contributed by atoms with van der Waals surface area (Å²) in [6.45, 7) is 2.34. The second-order valence-electron chi connectivity index (χ2n) is 3.80. The zero-order chi connectivity index (χ0) is 13.1. The van der Waals surface area contributed by atoms with E-state index in [9.17, 15) is 4.79 Å². The number of carboxylic acid groups (broad SMARTS) is 1. The Balaban J connectivity index is 2.42. The molecule has 1 aromatic carbocycles. The van der Waals surface area contributed by atoms with Crippen LogP contribution in [-0.2, 0) is 13.0 Å². The lowest BCUT2D eigenvalue weighted by molar-refractivity contribution is 0.0697. The molecule has 0 aliphatic heterocycles. The van der Waals surface area contributed by atoms with Crippen LogP contribution in [0, 0.1) is 0 Å². The van der Waals surface area contributed by atoms with E-state index in [-0.39, 0.29) is 5.56 Å². The quantitative estimate of drug-likeness (QED) is 0.838. The summed E-state index contributed by atoms with van der Waals surface area (Å²) in [6, 6.07) is 6.50. The number of aromatic nitrogens is 3. The molecule has 94 valence electrons. The summed E-state index contributed by atoms with van der Waals surface area (Å²) >= 11 is 0. The van der Waals surface area contributed by atoms with E-state index in [4.69, 9.17) is 10.8 Å². The fraction of sp³-hybridized carbons (Fsp3) is 0.250. The van der Waals surface area contributed by atoms with Gasteiger partial charge in [-0.05, 0) is 30.7 Å². The largest absolute Gasteiger partial charge is 0.478 e. The van der Waals surface area contributed by atoms with Crippen LogP contribution in [0.3, 0.4) is 0 Å². The highest BCUT2D eigenvalue weighted by atomic mass is 16.4. The van der Waals surface area contributed by atoms with Gasteiger partial charge in [0.15, 0.2) is 0 Å². The maximum Gasteiger partial charge on any atom is 0.335 e. The molecule has 0 radical (unpaired) electrons. The van der Waals surface area contributed by atoms with E-state index < -0.39 is 5.97 Å². The number of carboxylic acids is 1. The summed E-state index contributed by atoms with van der Waals surface area (Å²) in [7, 11) is 0. The second-order valence-corrected chi connectivity index (χ2v) is 3.80. The lowest BCUT2D eigenvalue weighted by Crippen LogP contribution is -2.05. The Morgan fingerprint density at radius 1 is 1.39 bits per heavy atom. The molecule has 0 aliphatic rings. The van der Waals surface area contributed by atoms with Crippen molar-refractivity contribution in [1.29, 1.82) is 0 Å². The van der Waals surface area contributed by atoms with Gasteiger partial charge in [0.25, 0.3) is 0 Å². The molecule has 0 saturated carbocycles. The Bertz CT molecular complexity index is 560. The van der Waals surface area contributed by atoms with Crippen molar-refractivity contribution in [3.05, 3.63) is 41.2 Å². The van der Waals surface area contributed by atoms with Gasteiger partial charge in [0.05, 0.1) is 22.6 Å². The van der Waals surface area contributed by atoms with E-state index in [1.165, 1.54) is 0 Å². The van der Waals surface area contributed by atoms with E-state index >= 15 is 0 Å². The highest BCUT2D eigenvalue weighted by Gasteiger charge is 2.11. The van der Waals surface area contributed by atoms with Gasteiger partial charge in [0.2, 0.25) is 0 Å². The zero-order valence-electron chi connectivity index (χ0n) is 10.00. The monoisotopic (exact) mass is 246 g/mol. The summed E-state index contributed by atoms with van der Waals surface area (Å²) in [5, 5.41) is 16.9. The van der Waals surface area contributed by atoms with E-state index in [0.29, 0.717) is 6.54 Å². The van der Waals surface area contributed by atoms with Gasteiger partial charge in [-0.15, -0.1) is 5.10 Å². The highest BCUT2D eigenvalue weighted by molar-refractivity contribution is 5.87. The van der Waals surface area contributed by atoms with Gasteiger partial charge >= 0.3 is 5.97 Å². The minimum absolute atomic E-state index is 0.246. The van der Waals surface area contributed by atoms with Gasteiger partial charge < -0.3 is 10.8 Å². The van der Waals surface area contributed by atoms with Crippen LogP contribution in [0.25, 0.3) is 5.69 Å². The van der Waals surface area contributed by atoms with Crippen molar-refractivity contribution < 1.29 is 9.90 Å². The molecule has 0 amide bonds. The minimum atomic E-state index is -0.946. The van der Waals surface area contributed by atoms with E-state index in [1.54, 1.807) is 28.9 Å². The van der Waals surface area contributed by atoms with Gasteiger partial charge in [-0.2, -0.15) is 0 Å². The summed E-state index contributed by atoms with van der Waals surface area (Å²) in [6.07, 6.45) is 0.764. The molecule has 0 fully saturated rings. The number of hydrogen-bond donors (Lipinski definition) is 2. The molecule has 0 bridgehead atoms. The number of nitrogens with zero attached hydrogens (tertiary/aromatic N) is 3. The molecule has 6 heteroatoms. The van der Waals surface area contributed by atoms with Gasteiger partial charge in [-0.1, -0.05) is 12.1 Å². The molecule has 0 unspecified atom stereocenters. The molecule has 0 spiro atoms. The average Bonchev–Trinajstić information content (AvgIpc) is 2.81. The van der Waals surface area contributed by atoms with Crippen molar-refractivity contribution in [3.8, 4) is 5.69 Å². The first-order chi connectivity index (χ1) is 8.67. The van der Waals surface area contributed by atoms with Gasteiger partial charge in [0, 0.05) is 6.54 Å². The SMILES string of the molecule is CCc1c(CN)nnn1-c1ccc(C(=O)O)cc1. The van der Waals surface area contributed by atoms with Crippen molar-refractivity contribution in [1.82, 2.24) is 15.0 Å². The molecule has 18 heavy (non-hydrogen) atoms. The molecule has 2 aromatic rings. The molecule has 6 nitrogen and oxygen atoms in total. The summed E-state index contributed by atoms with van der Waals surface area (Å²) in [5.41, 5.74) is 8.32. The van der Waals surface area contributed by atoms with Crippen LogP contribution in [-0.4, -0.2) is 26.1 Å². The minimum Gasteiger partial charge on any atom is -0.478 e. The molecule has 1 heterocycles. The number of nitrogens with two attached hydrogens (primary N) is 1. The van der Waals surface area contributed by atoms with E-state index in [2.05, 4.69) is 10.3 Å².